The molecule has 0 radical (unpaired) electrons. The molecular formula is C16H21N3O. The number of nitrogens with zero attached hydrogens (tertiary/aromatic N) is 2. The van der Waals surface area contributed by atoms with Crippen LogP contribution in [0.1, 0.15) is 31.0 Å². The van der Waals surface area contributed by atoms with Crippen molar-refractivity contribution in [3.05, 3.63) is 48.0 Å². The van der Waals surface area contributed by atoms with Crippen molar-refractivity contribution in [3.8, 4) is 5.75 Å². The molecule has 1 aliphatic rings. The van der Waals surface area contributed by atoms with Gasteiger partial charge in [-0.1, -0.05) is 12.1 Å². The lowest BCUT2D eigenvalue weighted by molar-refractivity contribution is 0.295. The Bertz CT molecular complexity index is 560. The van der Waals surface area contributed by atoms with E-state index in [1.165, 1.54) is 18.4 Å². The van der Waals surface area contributed by atoms with Crippen molar-refractivity contribution in [2.45, 2.75) is 45.5 Å². The predicted molar refractivity (Wildman–Crippen MR) is 78.5 cm³/mol. The molecule has 0 unspecified atom stereocenters. The van der Waals surface area contributed by atoms with Gasteiger partial charge in [0.15, 0.2) is 0 Å². The van der Waals surface area contributed by atoms with Crippen molar-refractivity contribution < 1.29 is 4.74 Å². The standard InChI is InChI=1S/C16H21N3O/c1-2-19-12-17-10-15(19)11-20-16-5-3-4-13(8-16)9-18-14-6-7-14/h3-5,8,10,12,14,18H,2,6-7,9,11H2,1H3. The Morgan fingerprint density at radius 3 is 3.10 bits per heavy atom. The van der Waals surface area contributed by atoms with Crippen LogP contribution in [0.3, 0.4) is 0 Å². The monoisotopic (exact) mass is 271 g/mol. The van der Waals surface area contributed by atoms with Crippen LogP contribution in [0.15, 0.2) is 36.8 Å². The number of benzene rings is 1. The molecule has 0 saturated heterocycles. The van der Waals surface area contributed by atoms with Crippen LogP contribution < -0.4 is 10.1 Å². The lowest BCUT2D eigenvalue weighted by Crippen LogP contribution is -2.15. The van der Waals surface area contributed by atoms with Crippen molar-refractivity contribution in [3.63, 3.8) is 0 Å². The molecule has 0 atom stereocenters. The van der Waals surface area contributed by atoms with Crippen LogP contribution in [0, 0.1) is 0 Å². The zero-order valence-electron chi connectivity index (χ0n) is 11.9. The van der Waals surface area contributed by atoms with Gasteiger partial charge in [-0.3, -0.25) is 0 Å². The number of hydrogen-bond donors (Lipinski definition) is 1. The highest BCUT2D eigenvalue weighted by atomic mass is 16.5. The van der Waals surface area contributed by atoms with Gasteiger partial charge >= 0.3 is 0 Å². The number of aromatic nitrogens is 2. The first-order chi connectivity index (χ1) is 9.85. The molecule has 0 aliphatic heterocycles. The molecule has 1 N–H and O–H groups in total. The normalized spacial score (nSPS) is 14.4. The lowest BCUT2D eigenvalue weighted by Gasteiger charge is -2.10. The summed E-state index contributed by atoms with van der Waals surface area (Å²) in [5.41, 5.74) is 2.38. The van der Waals surface area contributed by atoms with Gasteiger partial charge in [-0.15, -0.1) is 0 Å². The zero-order valence-corrected chi connectivity index (χ0v) is 11.9. The van der Waals surface area contributed by atoms with E-state index in [4.69, 9.17) is 4.74 Å². The summed E-state index contributed by atoms with van der Waals surface area (Å²) in [7, 11) is 0. The highest BCUT2D eigenvalue weighted by molar-refractivity contribution is 5.28. The summed E-state index contributed by atoms with van der Waals surface area (Å²) >= 11 is 0. The average Bonchev–Trinajstić information content (AvgIpc) is 3.20. The zero-order chi connectivity index (χ0) is 13.8. The van der Waals surface area contributed by atoms with E-state index in [-0.39, 0.29) is 0 Å². The van der Waals surface area contributed by atoms with Gasteiger partial charge in [0.25, 0.3) is 0 Å². The third-order valence-corrected chi connectivity index (χ3v) is 3.60. The van der Waals surface area contributed by atoms with Crippen LogP contribution in [0.5, 0.6) is 5.75 Å². The molecule has 3 rings (SSSR count). The fraction of sp³-hybridized carbons (Fsp3) is 0.438. The number of rotatable bonds is 7. The first kappa shape index (κ1) is 13.2. The Kier molecular flexibility index (Phi) is 4.02. The summed E-state index contributed by atoms with van der Waals surface area (Å²) in [5, 5.41) is 3.52. The van der Waals surface area contributed by atoms with Gasteiger partial charge in [-0.25, -0.2) is 4.98 Å². The molecule has 1 aromatic carbocycles. The van der Waals surface area contributed by atoms with Crippen molar-refractivity contribution in [1.82, 2.24) is 14.9 Å². The number of imidazole rings is 1. The molecule has 106 valence electrons. The number of hydrogen-bond acceptors (Lipinski definition) is 3. The molecule has 1 aliphatic carbocycles. The third kappa shape index (κ3) is 3.39. The molecule has 1 fully saturated rings. The smallest absolute Gasteiger partial charge is 0.130 e. The van der Waals surface area contributed by atoms with Gasteiger partial charge in [0.2, 0.25) is 0 Å². The quantitative estimate of drug-likeness (QED) is 0.841. The molecular weight excluding hydrogens is 250 g/mol. The summed E-state index contributed by atoms with van der Waals surface area (Å²) in [5.74, 6) is 0.920. The second-order valence-electron chi connectivity index (χ2n) is 5.26. The summed E-state index contributed by atoms with van der Waals surface area (Å²) < 4.78 is 7.96. The van der Waals surface area contributed by atoms with Crippen molar-refractivity contribution in [2.75, 3.05) is 0 Å². The molecule has 0 spiro atoms. The maximum atomic E-state index is 5.87. The first-order valence-electron chi connectivity index (χ1n) is 7.29. The van der Waals surface area contributed by atoms with E-state index in [1.54, 1.807) is 0 Å². The topological polar surface area (TPSA) is 39.1 Å². The molecule has 2 aromatic rings. The van der Waals surface area contributed by atoms with Crippen LogP contribution in [0.25, 0.3) is 0 Å². The fourth-order valence-electron chi connectivity index (χ4n) is 2.21. The third-order valence-electron chi connectivity index (χ3n) is 3.60. The van der Waals surface area contributed by atoms with Gasteiger partial charge in [0.05, 0.1) is 18.2 Å². The predicted octanol–water partition coefficient (Wildman–Crippen LogP) is 2.73. The molecule has 4 nitrogen and oxygen atoms in total. The minimum Gasteiger partial charge on any atom is -0.487 e. The van der Waals surface area contributed by atoms with Gasteiger partial charge in [0.1, 0.15) is 12.4 Å². The highest BCUT2D eigenvalue weighted by Crippen LogP contribution is 2.20. The molecule has 0 bridgehead atoms. The van der Waals surface area contributed by atoms with E-state index in [9.17, 15) is 0 Å². The van der Waals surface area contributed by atoms with E-state index in [2.05, 4.69) is 40.0 Å². The summed E-state index contributed by atoms with van der Waals surface area (Å²) in [6, 6.07) is 9.04. The minimum atomic E-state index is 0.563. The van der Waals surface area contributed by atoms with Crippen LogP contribution in [-0.2, 0) is 19.7 Å². The van der Waals surface area contributed by atoms with Crippen molar-refractivity contribution >= 4 is 0 Å². The van der Waals surface area contributed by atoms with E-state index in [1.807, 2.05) is 18.6 Å². The molecule has 4 heteroatoms. The maximum Gasteiger partial charge on any atom is 0.130 e. The van der Waals surface area contributed by atoms with Crippen LogP contribution >= 0.6 is 0 Å². The van der Waals surface area contributed by atoms with E-state index < -0.39 is 0 Å². The average molecular weight is 271 g/mol. The molecule has 0 amide bonds. The molecule has 1 aromatic heterocycles. The molecule has 1 heterocycles. The Hall–Kier alpha value is -1.81. The highest BCUT2D eigenvalue weighted by Gasteiger charge is 2.19. The molecule has 20 heavy (non-hydrogen) atoms. The van der Waals surface area contributed by atoms with Gasteiger partial charge in [-0.2, -0.15) is 0 Å². The Morgan fingerprint density at radius 2 is 2.30 bits per heavy atom. The SMILES string of the molecule is CCn1cncc1COc1cccc(CNC2CC2)c1. The largest absolute Gasteiger partial charge is 0.487 e. The van der Waals surface area contributed by atoms with Gasteiger partial charge in [-0.05, 0) is 37.5 Å². The van der Waals surface area contributed by atoms with Gasteiger partial charge in [0, 0.05) is 19.1 Å². The fourth-order valence-corrected chi connectivity index (χ4v) is 2.21. The second-order valence-corrected chi connectivity index (χ2v) is 5.26. The van der Waals surface area contributed by atoms with Crippen molar-refractivity contribution in [1.29, 1.82) is 0 Å². The molecule has 1 saturated carbocycles. The number of nitrogens with one attached hydrogen (secondary N) is 1. The number of aryl methyl sites for hydroxylation is 1. The minimum absolute atomic E-state index is 0.563. The Morgan fingerprint density at radius 1 is 1.40 bits per heavy atom. The maximum absolute atomic E-state index is 5.87. The Labute approximate surface area is 119 Å². The van der Waals surface area contributed by atoms with E-state index in [0.717, 1.165) is 30.6 Å². The lowest BCUT2D eigenvalue weighted by atomic mass is 10.2. The number of ether oxygens (including phenoxy) is 1. The van der Waals surface area contributed by atoms with Crippen LogP contribution in [0.4, 0.5) is 0 Å². The van der Waals surface area contributed by atoms with E-state index >= 15 is 0 Å². The Balaban J connectivity index is 1.57. The van der Waals surface area contributed by atoms with E-state index in [0.29, 0.717) is 6.61 Å². The second kappa shape index (κ2) is 6.09. The first-order valence-corrected chi connectivity index (χ1v) is 7.29. The van der Waals surface area contributed by atoms with Crippen molar-refractivity contribution in [2.24, 2.45) is 0 Å². The van der Waals surface area contributed by atoms with Crippen LogP contribution in [0.2, 0.25) is 0 Å². The van der Waals surface area contributed by atoms with Crippen LogP contribution in [-0.4, -0.2) is 15.6 Å². The summed E-state index contributed by atoms with van der Waals surface area (Å²) in [6.45, 7) is 4.52. The summed E-state index contributed by atoms with van der Waals surface area (Å²) in [6.07, 6.45) is 6.34. The summed E-state index contributed by atoms with van der Waals surface area (Å²) in [4.78, 5) is 4.15. The van der Waals surface area contributed by atoms with Gasteiger partial charge < -0.3 is 14.6 Å².